The zero-order valence-electron chi connectivity index (χ0n) is 15.5. The average Bonchev–Trinajstić information content (AvgIpc) is 3.05. The highest BCUT2D eigenvalue weighted by molar-refractivity contribution is 5.93. The van der Waals surface area contributed by atoms with E-state index < -0.39 is 0 Å². The van der Waals surface area contributed by atoms with Gasteiger partial charge in [0.1, 0.15) is 5.75 Å². The van der Waals surface area contributed by atoms with Crippen molar-refractivity contribution in [2.24, 2.45) is 0 Å². The Morgan fingerprint density at radius 3 is 2.88 bits per heavy atom. The summed E-state index contributed by atoms with van der Waals surface area (Å²) in [5.41, 5.74) is 2.34. The van der Waals surface area contributed by atoms with E-state index in [0.29, 0.717) is 31.3 Å². The summed E-state index contributed by atoms with van der Waals surface area (Å²) in [4.78, 5) is 12.5. The summed E-state index contributed by atoms with van der Waals surface area (Å²) in [6, 6.07) is 8.23. The summed E-state index contributed by atoms with van der Waals surface area (Å²) in [7, 11) is 0. The van der Waals surface area contributed by atoms with E-state index in [0.717, 1.165) is 42.9 Å². The molecule has 1 aliphatic heterocycles. The summed E-state index contributed by atoms with van der Waals surface area (Å²) in [5.74, 6) is 0.703. The molecular formula is C19H27N5O2. The van der Waals surface area contributed by atoms with Gasteiger partial charge in [-0.25, -0.2) is 4.68 Å². The smallest absolute Gasteiger partial charge is 0.273 e. The Bertz CT molecular complexity index is 737. The number of amides is 1. The van der Waals surface area contributed by atoms with Crippen LogP contribution in [0.3, 0.4) is 0 Å². The molecule has 0 radical (unpaired) electrons. The van der Waals surface area contributed by atoms with Crippen LogP contribution in [0, 0.1) is 6.92 Å². The van der Waals surface area contributed by atoms with Crippen LogP contribution >= 0.6 is 0 Å². The molecule has 140 valence electrons. The van der Waals surface area contributed by atoms with Gasteiger partial charge in [0, 0.05) is 6.54 Å². The molecule has 1 fully saturated rings. The van der Waals surface area contributed by atoms with Crippen molar-refractivity contribution in [1.82, 2.24) is 25.6 Å². The second-order valence-corrected chi connectivity index (χ2v) is 6.50. The van der Waals surface area contributed by atoms with Crippen LogP contribution < -0.4 is 15.4 Å². The first kappa shape index (κ1) is 18.4. The number of para-hydroxylation sites is 1. The first-order chi connectivity index (χ1) is 12.7. The van der Waals surface area contributed by atoms with Gasteiger partial charge in [0.05, 0.1) is 18.3 Å². The lowest BCUT2D eigenvalue weighted by Gasteiger charge is -2.23. The van der Waals surface area contributed by atoms with Gasteiger partial charge in [0.2, 0.25) is 0 Å². The highest BCUT2D eigenvalue weighted by atomic mass is 16.5. The molecule has 7 nitrogen and oxygen atoms in total. The van der Waals surface area contributed by atoms with E-state index in [9.17, 15) is 4.79 Å². The zero-order chi connectivity index (χ0) is 18.4. The third-order valence-corrected chi connectivity index (χ3v) is 4.75. The van der Waals surface area contributed by atoms with Crippen molar-refractivity contribution >= 4 is 5.91 Å². The largest absolute Gasteiger partial charge is 0.494 e. The van der Waals surface area contributed by atoms with Crippen molar-refractivity contribution in [2.45, 2.75) is 39.2 Å². The van der Waals surface area contributed by atoms with Gasteiger partial charge in [0.25, 0.3) is 5.91 Å². The third kappa shape index (κ3) is 4.22. The molecule has 7 heteroatoms. The van der Waals surface area contributed by atoms with Gasteiger partial charge >= 0.3 is 0 Å². The fourth-order valence-corrected chi connectivity index (χ4v) is 3.35. The second kappa shape index (κ2) is 8.80. The normalized spacial score (nSPS) is 15.0. The Morgan fingerprint density at radius 2 is 2.12 bits per heavy atom. The lowest BCUT2D eigenvalue weighted by Crippen LogP contribution is -2.30. The molecule has 0 saturated carbocycles. The zero-order valence-corrected chi connectivity index (χ0v) is 15.5. The maximum Gasteiger partial charge on any atom is 0.273 e. The standard InChI is InChI=1S/C19H27N5O2/c1-3-26-17-7-5-4-6-15(17)8-13-21-19(25)18-14(2)24(23-22-18)16-9-11-20-12-10-16/h4-7,16,20H,3,8-13H2,1-2H3,(H,21,25). The van der Waals surface area contributed by atoms with Gasteiger partial charge in [-0.2, -0.15) is 0 Å². The molecule has 3 rings (SSSR count). The summed E-state index contributed by atoms with van der Waals surface area (Å²) in [5, 5.41) is 14.6. The monoisotopic (exact) mass is 357 g/mol. The van der Waals surface area contributed by atoms with Crippen LogP contribution in [0.2, 0.25) is 0 Å². The maximum absolute atomic E-state index is 12.5. The van der Waals surface area contributed by atoms with Crippen molar-refractivity contribution in [3.8, 4) is 5.75 Å². The molecule has 1 aliphatic rings. The van der Waals surface area contributed by atoms with Crippen LogP contribution in [-0.2, 0) is 6.42 Å². The second-order valence-electron chi connectivity index (χ2n) is 6.50. The van der Waals surface area contributed by atoms with Gasteiger partial charge in [-0.1, -0.05) is 23.4 Å². The molecule has 0 unspecified atom stereocenters. The molecule has 1 aromatic heterocycles. The number of hydrogen-bond donors (Lipinski definition) is 2. The number of benzene rings is 1. The summed E-state index contributed by atoms with van der Waals surface area (Å²) in [6.45, 7) is 6.99. The number of rotatable bonds is 7. The van der Waals surface area contributed by atoms with E-state index in [2.05, 4.69) is 20.9 Å². The van der Waals surface area contributed by atoms with E-state index in [1.54, 1.807) is 0 Å². The van der Waals surface area contributed by atoms with Crippen LogP contribution in [0.4, 0.5) is 0 Å². The number of ether oxygens (including phenoxy) is 1. The molecule has 2 aromatic rings. The van der Waals surface area contributed by atoms with Gasteiger partial charge in [0.15, 0.2) is 5.69 Å². The lowest BCUT2D eigenvalue weighted by atomic mass is 10.1. The van der Waals surface area contributed by atoms with E-state index in [1.165, 1.54) is 0 Å². The predicted octanol–water partition coefficient (Wildman–Crippen LogP) is 1.88. The minimum absolute atomic E-state index is 0.170. The van der Waals surface area contributed by atoms with Crippen LogP contribution in [0.15, 0.2) is 24.3 Å². The summed E-state index contributed by atoms with van der Waals surface area (Å²) < 4.78 is 7.53. The number of nitrogens with one attached hydrogen (secondary N) is 2. The topological polar surface area (TPSA) is 81.1 Å². The van der Waals surface area contributed by atoms with Crippen molar-refractivity contribution in [1.29, 1.82) is 0 Å². The number of piperidine rings is 1. The fourth-order valence-electron chi connectivity index (χ4n) is 3.35. The third-order valence-electron chi connectivity index (χ3n) is 4.75. The van der Waals surface area contributed by atoms with Crippen LogP contribution in [0.5, 0.6) is 5.75 Å². The minimum atomic E-state index is -0.170. The van der Waals surface area contributed by atoms with E-state index in [-0.39, 0.29) is 5.91 Å². The average molecular weight is 357 g/mol. The molecule has 26 heavy (non-hydrogen) atoms. The Morgan fingerprint density at radius 1 is 1.35 bits per heavy atom. The quantitative estimate of drug-likeness (QED) is 0.791. The van der Waals surface area contributed by atoms with E-state index in [4.69, 9.17) is 4.74 Å². The molecule has 0 bridgehead atoms. The maximum atomic E-state index is 12.5. The predicted molar refractivity (Wildman–Crippen MR) is 99.5 cm³/mol. The fraction of sp³-hybridized carbons (Fsp3) is 0.526. The molecule has 1 saturated heterocycles. The Hall–Kier alpha value is -2.41. The van der Waals surface area contributed by atoms with Crippen molar-refractivity contribution < 1.29 is 9.53 Å². The van der Waals surface area contributed by atoms with Gasteiger partial charge in [-0.3, -0.25) is 4.79 Å². The number of hydrogen-bond acceptors (Lipinski definition) is 5. The summed E-state index contributed by atoms with van der Waals surface area (Å²) in [6.07, 6.45) is 2.74. The lowest BCUT2D eigenvalue weighted by molar-refractivity contribution is 0.0948. The highest BCUT2D eigenvalue weighted by Crippen LogP contribution is 2.20. The van der Waals surface area contributed by atoms with E-state index in [1.807, 2.05) is 42.8 Å². The molecule has 0 spiro atoms. The van der Waals surface area contributed by atoms with Crippen molar-refractivity contribution in [2.75, 3.05) is 26.2 Å². The van der Waals surface area contributed by atoms with Crippen LogP contribution in [-0.4, -0.2) is 47.1 Å². The molecule has 0 atom stereocenters. The molecule has 1 aromatic carbocycles. The van der Waals surface area contributed by atoms with Gasteiger partial charge in [-0.05, 0) is 57.8 Å². The Labute approximate surface area is 154 Å². The summed E-state index contributed by atoms with van der Waals surface area (Å²) >= 11 is 0. The van der Waals surface area contributed by atoms with Crippen LogP contribution in [0.25, 0.3) is 0 Å². The van der Waals surface area contributed by atoms with E-state index >= 15 is 0 Å². The van der Waals surface area contributed by atoms with Gasteiger partial charge < -0.3 is 15.4 Å². The molecular weight excluding hydrogens is 330 g/mol. The minimum Gasteiger partial charge on any atom is -0.494 e. The SMILES string of the molecule is CCOc1ccccc1CCNC(=O)c1nnn(C2CCNCC2)c1C. The number of aromatic nitrogens is 3. The molecule has 2 N–H and O–H groups in total. The molecule has 1 amide bonds. The number of carbonyl (C=O) groups excluding carboxylic acids is 1. The van der Waals surface area contributed by atoms with Crippen molar-refractivity contribution in [3.05, 3.63) is 41.2 Å². The first-order valence-corrected chi connectivity index (χ1v) is 9.32. The van der Waals surface area contributed by atoms with Gasteiger partial charge in [-0.15, -0.1) is 5.10 Å². The molecule has 2 heterocycles. The van der Waals surface area contributed by atoms with Crippen molar-refractivity contribution in [3.63, 3.8) is 0 Å². The number of nitrogens with zero attached hydrogens (tertiary/aromatic N) is 3. The highest BCUT2D eigenvalue weighted by Gasteiger charge is 2.22. The van der Waals surface area contributed by atoms with Crippen LogP contribution in [0.1, 0.15) is 47.6 Å². The first-order valence-electron chi connectivity index (χ1n) is 9.32. The Kier molecular flexibility index (Phi) is 6.22. The Balaban J connectivity index is 1.58. The number of carbonyl (C=O) groups is 1. The molecule has 0 aliphatic carbocycles.